The zero-order chi connectivity index (χ0) is 29.4. The molecular weight excluding hydrogens is 522 g/mol. The Morgan fingerprint density at radius 1 is 0.854 bits per heavy atom. The van der Waals surface area contributed by atoms with E-state index in [2.05, 4.69) is 20.6 Å². The Morgan fingerprint density at radius 2 is 1.56 bits per heavy atom. The van der Waals surface area contributed by atoms with E-state index in [4.69, 9.17) is 4.74 Å². The summed E-state index contributed by atoms with van der Waals surface area (Å²) < 4.78 is 5.36. The molecule has 3 N–H and O–H groups in total. The number of rotatable bonds is 8. The number of nitrogens with one attached hydrogen (secondary N) is 2. The number of ether oxygens (including phenoxy) is 1. The summed E-state index contributed by atoms with van der Waals surface area (Å²) in [6.45, 7) is 5.52. The van der Waals surface area contributed by atoms with Gasteiger partial charge in [0, 0.05) is 23.9 Å². The molecule has 0 saturated heterocycles. The Hall–Kier alpha value is -5.25. The van der Waals surface area contributed by atoms with Gasteiger partial charge < -0.3 is 15.2 Å². The van der Waals surface area contributed by atoms with Crippen molar-refractivity contribution in [2.45, 2.75) is 39.5 Å². The highest BCUT2D eigenvalue weighted by atomic mass is 16.6. The topological polar surface area (TPSA) is 134 Å². The fourth-order valence-corrected chi connectivity index (χ4v) is 3.88. The average molecular weight is 554 g/mol. The molecule has 2 aromatic heterocycles. The third-order valence-corrected chi connectivity index (χ3v) is 5.77. The number of carboxylic acid groups (broad SMARTS) is 1. The first-order valence-electron chi connectivity index (χ1n) is 12.9. The maximum atomic E-state index is 13.2. The molecule has 4 aromatic rings. The third-order valence-electron chi connectivity index (χ3n) is 5.77. The summed E-state index contributed by atoms with van der Waals surface area (Å²) in [7, 11) is 0. The van der Waals surface area contributed by atoms with Crippen LogP contribution in [-0.2, 0) is 17.8 Å². The molecule has 0 spiro atoms. The maximum absolute atomic E-state index is 13.2. The van der Waals surface area contributed by atoms with Crippen LogP contribution in [0.25, 0.3) is 11.3 Å². The molecular formula is C31H31N5O5. The minimum Gasteiger partial charge on any atom is -0.465 e. The van der Waals surface area contributed by atoms with Gasteiger partial charge in [0.15, 0.2) is 5.82 Å². The van der Waals surface area contributed by atoms with E-state index < -0.39 is 23.7 Å². The number of nitrogens with zero attached hydrogens (tertiary/aromatic N) is 3. The molecule has 4 rings (SSSR count). The van der Waals surface area contributed by atoms with Gasteiger partial charge in [-0.15, -0.1) is 0 Å². The van der Waals surface area contributed by atoms with Crippen LogP contribution < -0.4 is 10.6 Å². The first-order chi connectivity index (χ1) is 19.6. The molecule has 0 saturated carbocycles. The summed E-state index contributed by atoms with van der Waals surface area (Å²) in [6, 6.07) is 24.7. The molecule has 2 aromatic carbocycles. The van der Waals surface area contributed by atoms with Crippen LogP contribution in [-0.4, -0.2) is 43.7 Å². The predicted octanol–water partition coefficient (Wildman–Crippen LogP) is 6.42. The SMILES string of the molecule is CC(C)(C)OC(=O)Nc1ccc(-c2ccccc2)nc1NC(=O)c1ccc(CN(Cc2ccccn2)C(=O)O)cc1. The van der Waals surface area contributed by atoms with Crippen LogP contribution >= 0.6 is 0 Å². The number of carbonyl (C=O) groups excluding carboxylic acids is 2. The molecule has 2 heterocycles. The lowest BCUT2D eigenvalue weighted by molar-refractivity contribution is 0.0635. The number of aromatic nitrogens is 2. The van der Waals surface area contributed by atoms with E-state index >= 15 is 0 Å². The van der Waals surface area contributed by atoms with Crippen molar-refractivity contribution in [1.29, 1.82) is 0 Å². The molecule has 0 aliphatic carbocycles. The normalized spacial score (nSPS) is 10.9. The summed E-state index contributed by atoms with van der Waals surface area (Å²) >= 11 is 0. The highest BCUT2D eigenvalue weighted by molar-refractivity contribution is 6.06. The zero-order valence-electron chi connectivity index (χ0n) is 23.0. The molecule has 0 radical (unpaired) electrons. The van der Waals surface area contributed by atoms with Gasteiger partial charge in [-0.1, -0.05) is 48.5 Å². The summed E-state index contributed by atoms with van der Waals surface area (Å²) in [5.41, 5.74) is 2.67. The number of carbonyl (C=O) groups is 3. The van der Waals surface area contributed by atoms with Gasteiger partial charge in [0.05, 0.1) is 23.6 Å². The van der Waals surface area contributed by atoms with E-state index in [-0.39, 0.29) is 24.6 Å². The second kappa shape index (κ2) is 12.7. The van der Waals surface area contributed by atoms with Crippen LogP contribution in [0, 0.1) is 0 Å². The van der Waals surface area contributed by atoms with Gasteiger partial charge in [0.25, 0.3) is 5.91 Å². The van der Waals surface area contributed by atoms with Crippen molar-refractivity contribution in [2.75, 3.05) is 10.6 Å². The predicted molar refractivity (Wildman–Crippen MR) is 155 cm³/mol. The Balaban J connectivity index is 1.52. The quantitative estimate of drug-likeness (QED) is 0.229. The van der Waals surface area contributed by atoms with Crippen LogP contribution in [0.1, 0.15) is 42.4 Å². The minimum atomic E-state index is -1.08. The molecule has 0 aliphatic rings. The van der Waals surface area contributed by atoms with E-state index in [1.807, 2.05) is 30.3 Å². The Labute approximate surface area is 238 Å². The molecule has 0 bridgehead atoms. The summed E-state index contributed by atoms with van der Waals surface area (Å²) in [6.07, 6.45) is -0.145. The van der Waals surface area contributed by atoms with Crippen molar-refractivity contribution in [3.8, 4) is 11.3 Å². The molecule has 210 valence electrons. The smallest absolute Gasteiger partial charge is 0.412 e. The van der Waals surface area contributed by atoms with E-state index in [0.29, 0.717) is 22.5 Å². The first kappa shape index (κ1) is 28.8. The second-order valence-electron chi connectivity index (χ2n) is 10.2. The number of amides is 3. The summed E-state index contributed by atoms with van der Waals surface area (Å²) in [5.74, 6) is -0.302. The lowest BCUT2D eigenvalue weighted by Gasteiger charge is -2.20. The molecule has 0 unspecified atom stereocenters. The van der Waals surface area contributed by atoms with Crippen LogP contribution in [0.5, 0.6) is 0 Å². The standard InChI is InChI=1S/C31H31N5O5/c1-31(2,3)41-29(38)34-26-17-16-25(22-9-5-4-6-10-22)33-27(26)35-28(37)23-14-12-21(13-15-23)19-36(30(39)40)20-24-11-7-8-18-32-24/h4-18H,19-20H2,1-3H3,(H,34,38)(H,39,40)(H,33,35,37). The minimum absolute atomic E-state index is 0.123. The van der Waals surface area contributed by atoms with Crippen molar-refractivity contribution >= 4 is 29.6 Å². The summed E-state index contributed by atoms with van der Waals surface area (Å²) in [5, 5.41) is 15.1. The van der Waals surface area contributed by atoms with Crippen molar-refractivity contribution in [3.05, 3.63) is 108 Å². The highest BCUT2D eigenvalue weighted by Crippen LogP contribution is 2.26. The van der Waals surface area contributed by atoms with Gasteiger partial charge >= 0.3 is 12.2 Å². The molecule has 10 nitrogen and oxygen atoms in total. The molecule has 0 atom stereocenters. The summed E-state index contributed by atoms with van der Waals surface area (Å²) in [4.78, 5) is 47.5. The second-order valence-corrected chi connectivity index (χ2v) is 10.2. The van der Waals surface area contributed by atoms with Crippen molar-refractivity contribution in [2.24, 2.45) is 0 Å². The van der Waals surface area contributed by atoms with Crippen LogP contribution in [0.2, 0.25) is 0 Å². The Morgan fingerprint density at radius 3 is 2.20 bits per heavy atom. The molecule has 10 heteroatoms. The van der Waals surface area contributed by atoms with E-state index in [1.165, 1.54) is 4.90 Å². The third kappa shape index (κ3) is 8.37. The van der Waals surface area contributed by atoms with E-state index in [1.54, 1.807) is 81.6 Å². The lowest BCUT2D eigenvalue weighted by Crippen LogP contribution is -2.28. The van der Waals surface area contributed by atoms with Gasteiger partial charge in [-0.2, -0.15) is 0 Å². The molecule has 0 fully saturated rings. The largest absolute Gasteiger partial charge is 0.465 e. The average Bonchev–Trinajstić information content (AvgIpc) is 2.94. The van der Waals surface area contributed by atoms with Gasteiger partial charge in [0.1, 0.15) is 5.60 Å². The fourth-order valence-electron chi connectivity index (χ4n) is 3.88. The monoisotopic (exact) mass is 553 g/mol. The number of hydrogen-bond donors (Lipinski definition) is 3. The lowest BCUT2D eigenvalue weighted by atomic mass is 10.1. The number of pyridine rings is 2. The zero-order valence-corrected chi connectivity index (χ0v) is 23.0. The van der Waals surface area contributed by atoms with Crippen molar-refractivity contribution < 1.29 is 24.2 Å². The Bertz CT molecular complexity index is 1500. The highest BCUT2D eigenvalue weighted by Gasteiger charge is 2.20. The van der Waals surface area contributed by atoms with Crippen LogP contribution in [0.3, 0.4) is 0 Å². The van der Waals surface area contributed by atoms with Crippen molar-refractivity contribution in [1.82, 2.24) is 14.9 Å². The van der Waals surface area contributed by atoms with Gasteiger partial charge in [-0.3, -0.25) is 20.0 Å². The maximum Gasteiger partial charge on any atom is 0.412 e. The van der Waals surface area contributed by atoms with Gasteiger partial charge in [-0.05, 0) is 62.7 Å². The Kier molecular flexibility index (Phi) is 8.93. The number of benzene rings is 2. The number of hydrogen-bond acceptors (Lipinski definition) is 6. The van der Waals surface area contributed by atoms with Gasteiger partial charge in [0.2, 0.25) is 0 Å². The first-order valence-corrected chi connectivity index (χ1v) is 12.9. The van der Waals surface area contributed by atoms with E-state index in [0.717, 1.165) is 5.56 Å². The van der Waals surface area contributed by atoms with E-state index in [9.17, 15) is 19.5 Å². The van der Waals surface area contributed by atoms with Gasteiger partial charge in [-0.25, -0.2) is 14.6 Å². The molecule has 0 aliphatic heterocycles. The van der Waals surface area contributed by atoms with Crippen LogP contribution in [0.15, 0.2) is 91.1 Å². The van der Waals surface area contributed by atoms with Crippen LogP contribution in [0.4, 0.5) is 21.1 Å². The van der Waals surface area contributed by atoms with Crippen molar-refractivity contribution in [3.63, 3.8) is 0 Å². The fraction of sp³-hybridized carbons (Fsp3) is 0.194. The number of anilines is 2. The molecule has 41 heavy (non-hydrogen) atoms. The molecule has 3 amide bonds.